The predicted molar refractivity (Wildman–Crippen MR) is 74.9 cm³/mol. The summed E-state index contributed by atoms with van der Waals surface area (Å²) in [5, 5.41) is 18.6. The molecular formula is C15H21NO4. The predicted octanol–water partition coefficient (Wildman–Crippen LogP) is 1.28. The lowest BCUT2D eigenvalue weighted by molar-refractivity contribution is -0.142. The van der Waals surface area contributed by atoms with Gasteiger partial charge >= 0.3 is 5.97 Å². The monoisotopic (exact) mass is 279 g/mol. The minimum atomic E-state index is -0.860. The van der Waals surface area contributed by atoms with Gasteiger partial charge in [-0.25, -0.2) is 0 Å². The van der Waals surface area contributed by atoms with Crippen molar-refractivity contribution in [2.45, 2.75) is 31.9 Å². The molecule has 1 aromatic rings. The SMILES string of the molecule is Cc1cccc(OCCCN2CC(O)CC2C(=O)O)c1. The van der Waals surface area contributed by atoms with E-state index in [2.05, 4.69) is 0 Å². The molecule has 1 fully saturated rings. The van der Waals surface area contributed by atoms with Gasteiger partial charge in [0.15, 0.2) is 0 Å². The molecule has 0 spiro atoms. The zero-order valence-electron chi connectivity index (χ0n) is 11.7. The molecule has 5 nitrogen and oxygen atoms in total. The van der Waals surface area contributed by atoms with Crippen LogP contribution in [0.25, 0.3) is 0 Å². The van der Waals surface area contributed by atoms with Crippen molar-refractivity contribution in [3.8, 4) is 5.75 Å². The van der Waals surface area contributed by atoms with Crippen LogP contribution in [-0.4, -0.2) is 52.9 Å². The molecule has 0 amide bonds. The molecule has 2 rings (SSSR count). The first kappa shape index (κ1) is 14.8. The summed E-state index contributed by atoms with van der Waals surface area (Å²) in [6, 6.07) is 7.27. The molecule has 1 aromatic carbocycles. The number of likely N-dealkylation sites (tertiary alicyclic amines) is 1. The number of benzene rings is 1. The van der Waals surface area contributed by atoms with Crippen molar-refractivity contribution >= 4 is 5.97 Å². The molecule has 2 N–H and O–H groups in total. The van der Waals surface area contributed by atoms with Gasteiger partial charge in [-0.2, -0.15) is 0 Å². The van der Waals surface area contributed by atoms with Gasteiger partial charge < -0.3 is 14.9 Å². The Morgan fingerprint density at radius 3 is 3.00 bits per heavy atom. The van der Waals surface area contributed by atoms with Gasteiger partial charge in [-0.15, -0.1) is 0 Å². The Kier molecular flexibility index (Phi) is 4.98. The normalized spacial score (nSPS) is 22.9. The van der Waals surface area contributed by atoms with Crippen LogP contribution in [0.4, 0.5) is 0 Å². The second-order valence-electron chi connectivity index (χ2n) is 5.26. The van der Waals surface area contributed by atoms with E-state index in [0.717, 1.165) is 17.7 Å². The number of aliphatic hydroxyl groups excluding tert-OH is 1. The van der Waals surface area contributed by atoms with E-state index in [1.165, 1.54) is 0 Å². The largest absolute Gasteiger partial charge is 0.494 e. The van der Waals surface area contributed by atoms with E-state index in [9.17, 15) is 9.90 Å². The van der Waals surface area contributed by atoms with E-state index < -0.39 is 18.1 Å². The zero-order chi connectivity index (χ0) is 14.5. The summed E-state index contributed by atoms with van der Waals surface area (Å²) in [5.74, 6) is -0.0256. The molecule has 0 radical (unpaired) electrons. The number of β-amino-alcohol motifs (C(OH)–C–C–N with tert-alkyl or cyclic N) is 1. The molecule has 20 heavy (non-hydrogen) atoms. The fraction of sp³-hybridized carbons (Fsp3) is 0.533. The number of carboxylic acids is 1. The van der Waals surface area contributed by atoms with Gasteiger partial charge in [0.25, 0.3) is 0 Å². The molecule has 0 bridgehead atoms. The standard InChI is InChI=1S/C15H21NO4/c1-11-4-2-5-13(8-11)20-7-3-6-16-10-12(17)9-14(16)15(18)19/h2,4-5,8,12,14,17H,3,6-7,9-10H2,1H3,(H,18,19). The summed E-state index contributed by atoms with van der Waals surface area (Å²) in [7, 11) is 0. The number of aryl methyl sites for hydroxylation is 1. The zero-order valence-corrected chi connectivity index (χ0v) is 11.7. The fourth-order valence-electron chi connectivity index (χ4n) is 2.55. The molecule has 2 unspecified atom stereocenters. The molecule has 0 aliphatic carbocycles. The maximum Gasteiger partial charge on any atom is 0.321 e. The number of hydrogen-bond donors (Lipinski definition) is 2. The lowest BCUT2D eigenvalue weighted by Gasteiger charge is -2.20. The Bertz CT molecular complexity index is 463. The summed E-state index contributed by atoms with van der Waals surface area (Å²) in [6.45, 7) is 3.61. The minimum Gasteiger partial charge on any atom is -0.494 e. The van der Waals surface area contributed by atoms with Crippen LogP contribution in [-0.2, 0) is 4.79 Å². The van der Waals surface area contributed by atoms with Crippen LogP contribution in [0.2, 0.25) is 0 Å². The van der Waals surface area contributed by atoms with E-state index in [1.54, 1.807) is 0 Å². The van der Waals surface area contributed by atoms with Crippen molar-refractivity contribution in [2.75, 3.05) is 19.7 Å². The van der Waals surface area contributed by atoms with E-state index in [-0.39, 0.29) is 0 Å². The quantitative estimate of drug-likeness (QED) is 0.768. The van der Waals surface area contributed by atoms with Crippen molar-refractivity contribution in [1.82, 2.24) is 4.90 Å². The number of rotatable bonds is 6. The molecular weight excluding hydrogens is 258 g/mol. The Hall–Kier alpha value is -1.59. The number of carbonyl (C=O) groups is 1. The number of nitrogens with zero attached hydrogens (tertiary/aromatic N) is 1. The molecule has 1 aliphatic heterocycles. The third kappa shape index (κ3) is 3.95. The second kappa shape index (κ2) is 6.72. The van der Waals surface area contributed by atoms with Crippen LogP contribution in [0, 0.1) is 6.92 Å². The van der Waals surface area contributed by atoms with E-state index in [0.29, 0.717) is 26.1 Å². The Labute approximate surface area is 118 Å². The smallest absolute Gasteiger partial charge is 0.321 e. The van der Waals surface area contributed by atoms with Gasteiger partial charge in [0.1, 0.15) is 11.8 Å². The number of aliphatic hydroxyl groups is 1. The van der Waals surface area contributed by atoms with Crippen molar-refractivity contribution in [1.29, 1.82) is 0 Å². The Morgan fingerprint density at radius 1 is 1.50 bits per heavy atom. The maximum atomic E-state index is 11.1. The van der Waals surface area contributed by atoms with Gasteiger partial charge in [0.2, 0.25) is 0 Å². The van der Waals surface area contributed by atoms with E-state index in [4.69, 9.17) is 9.84 Å². The first-order valence-electron chi connectivity index (χ1n) is 6.90. The van der Waals surface area contributed by atoms with Gasteiger partial charge in [-0.05, 0) is 31.0 Å². The van der Waals surface area contributed by atoms with Crippen LogP contribution < -0.4 is 4.74 Å². The molecule has 2 atom stereocenters. The fourth-order valence-corrected chi connectivity index (χ4v) is 2.55. The van der Waals surface area contributed by atoms with Crippen LogP contribution >= 0.6 is 0 Å². The highest BCUT2D eigenvalue weighted by molar-refractivity contribution is 5.74. The molecule has 1 saturated heterocycles. The molecule has 1 aliphatic rings. The Balaban J connectivity index is 1.74. The highest BCUT2D eigenvalue weighted by Gasteiger charge is 2.35. The van der Waals surface area contributed by atoms with E-state index >= 15 is 0 Å². The summed E-state index contributed by atoms with van der Waals surface area (Å²) in [4.78, 5) is 12.9. The van der Waals surface area contributed by atoms with Crippen molar-refractivity contribution in [3.05, 3.63) is 29.8 Å². The number of aliphatic carboxylic acids is 1. The molecule has 1 heterocycles. The first-order valence-corrected chi connectivity index (χ1v) is 6.90. The molecule has 0 saturated carbocycles. The topological polar surface area (TPSA) is 70.0 Å². The number of hydrogen-bond acceptors (Lipinski definition) is 4. The van der Waals surface area contributed by atoms with Gasteiger partial charge in [-0.1, -0.05) is 12.1 Å². The summed E-state index contributed by atoms with van der Waals surface area (Å²) >= 11 is 0. The lowest BCUT2D eigenvalue weighted by Crippen LogP contribution is -2.37. The summed E-state index contributed by atoms with van der Waals surface area (Å²) < 4.78 is 5.63. The lowest BCUT2D eigenvalue weighted by atomic mass is 10.2. The van der Waals surface area contributed by atoms with Gasteiger partial charge in [-0.3, -0.25) is 9.69 Å². The van der Waals surface area contributed by atoms with Crippen LogP contribution in [0.5, 0.6) is 5.75 Å². The van der Waals surface area contributed by atoms with Crippen LogP contribution in [0.1, 0.15) is 18.4 Å². The van der Waals surface area contributed by atoms with Crippen molar-refractivity contribution in [2.24, 2.45) is 0 Å². The molecule has 110 valence electrons. The molecule has 0 aromatic heterocycles. The van der Waals surface area contributed by atoms with Crippen LogP contribution in [0.3, 0.4) is 0 Å². The Morgan fingerprint density at radius 2 is 2.30 bits per heavy atom. The number of carboxylic acid groups (broad SMARTS) is 1. The van der Waals surface area contributed by atoms with Gasteiger partial charge in [0, 0.05) is 19.5 Å². The highest BCUT2D eigenvalue weighted by Crippen LogP contribution is 2.18. The average molecular weight is 279 g/mol. The third-order valence-electron chi connectivity index (χ3n) is 3.51. The van der Waals surface area contributed by atoms with E-state index in [1.807, 2.05) is 36.1 Å². The number of ether oxygens (including phenoxy) is 1. The first-order chi connectivity index (χ1) is 9.56. The summed E-state index contributed by atoms with van der Waals surface area (Å²) in [6.07, 6.45) is 0.521. The average Bonchev–Trinajstić information content (AvgIpc) is 2.76. The third-order valence-corrected chi connectivity index (χ3v) is 3.51. The summed E-state index contributed by atoms with van der Waals surface area (Å²) in [5.41, 5.74) is 1.15. The van der Waals surface area contributed by atoms with Crippen molar-refractivity contribution < 1.29 is 19.7 Å². The highest BCUT2D eigenvalue weighted by atomic mass is 16.5. The minimum absolute atomic E-state index is 0.314. The second-order valence-corrected chi connectivity index (χ2v) is 5.26. The van der Waals surface area contributed by atoms with Gasteiger partial charge in [0.05, 0.1) is 12.7 Å². The maximum absolute atomic E-state index is 11.1. The molecule has 5 heteroatoms. The van der Waals surface area contributed by atoms with Crippen LogP contribution in [0.15, 0.2) is 24.3 Å². The van der Waals surface area contributed by atoms with Crippen molar-refractivity contribution in [3.63, 3.8) is 0 Å².